The lowest BCUT2D eigenvalue weighted by Crippen LogP contribution is -2.40. The van der Waals surface area contributed by atoms with Crippen molar-refractivity contribution in [1.82, 2.24) is 4.72 Å². The van der Waals surface area contributed by atoms with Crippen molar-refractivity contribution in [1.29, 1.82) is 0 Å². The molecule has 1 aliphatic rings. The first-order chi connectivity index (χ1) is 9.11. The fourth-order valence-electron chi connectivity index (χ4n) is 1.86. The lowest BCUT2D eigenvalue weighted by molar-refractivity contribution is 0.561. The molecule has 1 aliphatic heterocycles. The molecule has 0 aromatic heterocycles. The molecule has 1 heterocycles. The first-order valence-corrected chi connectivity index (χ1v) is 9.54. The summed E-state index contributed by atoms with van der Waals surface area (Å²) in [5, 5.41) is -1.03. The van der Waals surface area contributed by atoms with Crippen molar-refractivity contribution in [2.75, 3.05) is 11.5 Å². The SMILES string of the molecule is O=S1(=O)CC(Cl)C(NS(=O)(=O)c2cc(F)ccc2Cl)C1. The van der Waals surface area contributed by atoms with Crippen LogP contribution >= 0.6 is 23.2 Å². The van der Waals surface area contributed by atoms with Gasteiger partial charge in [-0.1, -0.05) is 11.6 Å². The topological polar surface area (TPSA) is 80.3 Å². The Morgan fingerprint density at radius 3 is 2.50 bits per heavy atom. The summed E-state index contributed by atoms with van der Waals surface area (Å²) in [5.74, 6) is -1.47. The molecule has 0 amide bonds. The van der Waals surface area contributed by atoms with Crippen LogP contribution in [0.4, 0.5) is 4.39 Å². The van der Waals surface area contributed by atoms with Gasteiger partial charge < -0.3 is 0 Å². The van der Waals surface area contributed by atoms with Crippen molar-refractivity contribution in [3.8, 4) is 0 Å². The zero-order chi connectivity index (χ0) is 15.1. The average molecular weight is 362 g/mol. The lowest BCUT2D eigenvalue weighted by atomic mass is 10.3. The highest BCUT2D eigenvalue weighted by molar-refractivity contribution is 7.92. The maximum atomic E-state index is 13.1. The maximum Gasteiger partial charge on any atom is 0.242 e. The summed E-state index contributed by atoms with van der Waals surface area (Å²) in [6, 6.07) is 1.92. The molecule has 1 aromatic carbocycles. The van der Waals surface area contributed by atoms with E-state index in [-0.39, 0.29) is 10.8 Å². The Hall–Kier alpha value is -0.410. The van der Waals surface area contributed by atoms with Gasteiger partial charge in [0.2, 0.25) is 10.0 Å². The van der Waals surface area contributed by atoms with E-state index in [2.05, 4.69) is 4.72 Å². The van der Waals surface area contributed by atoms with Crippen LogP contribution < -0.4 is 4.72 Å². The summed E-state index contributed by atoms with van der Waals surface area (Å²) >= 11 is 11.5. The lowest BCUT2D eigenvalue weighted by Gasteiger charge is -2.15. The normalized spacial score (nSPS) is 25.8. The Balaban J connectivity index is 2.31. The minimum atomic E-state index is -4.15. The van der Waals surface area contributed by atoms with Crippen LogP contribution in [0.1, 0.15) is 0 Å². The third kappa shape index (κ3) is 3.43. The standard InChI is InChI=1S/C10H10Cl2FNO4S2/c11-7-2-1-6(13)3-10(7)20(17,18)14-9-5-19(15,16)4-8(9)12/h1-3,8-9,14H,4-5H2. The molecule has 1 saturated heterocycles. The molecule has 1 N–H and O–H groups in total. The van der Waals surface area contributed by atoms with Gasteiger partial charge in [0.1, 0.15) is 10.7 Å². The number of halogens is 3. The number of nitrogens with one attached hydrogen (secondary N) is 1. The van der Waals surface area contributed by atoms with Crippen molar-refractivity contribution < 1.29 is 21.2 Å². The molecule has 2 atom stereocenters. The fraction of sp³-hybridized carbons (Fsp3) is 0.400. The van der Waals surface area contributed by atoms with E-state index in [0.717, 1.165) is 18.2 Å². The number of rotatable bonds is 3. The van der Waals surface area contributed by atoms with Gasteiger partial charge in [0, 0.05) is 0 Å². The molecule has 2 unspecified atom stereocenters. The molecule has 10 heteroatoms. The Morgan fingerprint density at radius 1 is 1.30 bits per heavy atom. The van der Waals surface area contributed by atoms with Gasteiger partial charge in [-0.3, -0.25) is 0 Å². The summed E-state index contributed by atoms with van der Waals surface area (Å²) < 4.78 is 62.3. The number of alkyl halides is 1. The minimum absolute atomic E-state index is 0.161. The second-order valence-electron chi connectivity index (χ2n) is 4.40. The predicted octanol–water partition coefficient (Wildman–Crippen LogP) is 1.16. The fourth-order valence-corrected chi connectivity index (χ4v) is 6.38. The first kappa shape index (κ1) is 16.0. The first-order valence-electron chi connectivity index (χ1n) is 5.42. The predicted molar refractivity (Wildman–Crippen MR) is 73.8 cm³/mol. The van der Waals surface area contributed by atoms with Crippen molar-refractivity contribution in [2.24, 2.45) is 0 Å². The number of sulfone groups is 1. The summed E-state index contributed by atoms with van der Waals surface area (Å²) in [6.07, 6.45) is 0. The summed E-state index contributed by atoms with van der Waals surface area (Å²) in [4.78, 5) is -0.452. The van der Waals surface area contributed by atoms with Crippen molar-refractivity contribution in [3.05, 3.63) is 29.0 Å². The molecule has 112 valence electrons. The molecule has 20 heavy (non-hydrogen) atoms. The van der Waals surface area contributed by atoms with Gasteiger partial charge in [0.25, 0.3) is 0 Å². The Bertz CT molecular complexity index is 736. The van der Waals surface area contributed by atoms with E-state index in [1.165, 1.54) is 0 Å². The van der Waals surface area contributed by atoms with E-state index >= 15 is 0 Å². The van der Waals surface area contributed by atoms with E-state index in [1.807, 2.05) is 0 Å². The van der Waals surface area contributed by atoms with Gasteiger partial charge in [-0.2, -0.15) is 0 Å². The van der Waals surface area contributed by atoms with Gasteiger partial charge >= 0.3 is 0 Å². The van der Waals surface area contributed by atoms with E-state index in [0.29, 0.717) is 0 Å². The Morgan fingerprint density at radius 2 is 1.95 bits per heavy atom. The molecule has 0 saturated carbocycles. The quantitative estimate of drug-likeness (QED) is 0.819. The highest BCUT2D eigenvalue weighted by atomic mass is 35.5. The van der Waals surface area contributed by atoms with E-state index < -0.39 is 47.7 Å². The molecule has 0 radical (unpaired) electrons. The van der Waals surface area contributed by atoms with Gasteiger partial charge in [-0.25, -0.2) is 25.9 Å². The van der Waals surface area contributed by atoms with Crippen LogP contribution in [0, 0.1) is 5.82 Å². The second-order valence-corrected chi connectivity index (χ2v) is 9.20. The van der Waals surface area contributed by atoms with Crippen LogP contribution in [-0.2, 0) is 19.9 Å². The van der Waals surface area contributed by atoms with Crippen LogP contribution in [0.15, 0.2) is 23.1 Å². The zero-order valence-corrected chi connectivity index (χ0v) is 13.0. The van der Waals surface area contributed by atoms with E-state index in [9.17, 15) is 21.2 Å². The van der Waals surface area contributed by atoms with Gasteiger partial charge in [-0.15, -0.1) is 11.6 Å². The van der Waals surface area contributed by atoms with Crippen molar-refractivity contribution >= 4 is 43.1 Å². The van der Waals surface area contributed by atoms with E-state index in [4.69, 9.17) is 23.2 Å². The average Bonchev–Trinajstić information content (AvgIpc) is 2.54. The summed E-state index contributed by atoms with van der Waals surface area (Å²) in [6.45, 7) is 0. The van der Waals surface area contributed by atoms with Crippen LogP contribution in [-0.4, -0.2) is 39.8 Å². The van der Waals surface area contributed by atoms with Gasteiger partial charge in [0.05, 0.1) is 27.9 Å². The van der Waals surface area contributed by atoms with Gasteiger partial charge in [0.15, 0.2) is 9.84 Å². The second kappa shape index (κ2) is 5.42. The molecule has 0 aliphatic carbocycles. The third-order valence-electron chi connectivity index (χ3n) is 2.77. The van der Waals surface area contributed by atoms with E-state index in [1.54, 1.807) is 0 Å². The molecule has 2 rings (SSSR count). The Kier molecular flexibility index (Phi) is 4.32. The van der Waals surface area contributed by atoms with Crippen molar-refractivity contribution in [3.63, 3.8) is 0 Å². The van der Waals surface area contributed by atoms with Crippen LogP contribution in [0.2, 0.25) is 5.02 Å². The van der Waals surface area contributed by atoms with Crippen molar-refractivity contribution in [2.45, 2.75) is 16.3 Å². The molecule has 1 fully saturated rings. The van der Waals surface area contributed by atoms with Crippen LogP contribution in [0.25, 0.3) is 0 Å². The zero-order valence-electron chi connectivity index (χ0n) is 9.88. The van der Waals surface area contributed by atoms with Gasteiger partial charge in [-0.05, 0) is 18.2 Å². The summed E-state index contributed by atoms with van der Waals surface area (Å²) in [5.41, 5.74) is 0. The number of benzene rings is 1. The maximum absolute atomic E-state index is 13.1. The molecule has 0 bridgehead atoms. The highest BCUT2D eigenvalue weighted by Crippen LogP contribution is 2.25. The molecule has 0 spiro atoms. The molecule has 5 nitrogen and oxygen atoms in total. The number of sulfonamides is 1. The highest BCUT2D eigenvalue weighted by Gasteiger charge is 2.39. The number of hydrogen-bond donors (Lipinski definition) is 1. The number of hydrogen-bond acceptors (Lipinski definition) is 4. The summed E-state index contributed by atoms with van der Waals surface area (Å²) in [7, 11) is -7.53. The molecular weight excluding hydrogens is 352 g/mol. The minimum Gasteiger partial charge on any atom is -0.229 e. The smallest absolute Gasteiger partial charge is 0.229 e. The Labute approximate surface area is 126 Å². The monoisotopic (exact) mass is 361 g/mol. The molecular formula is C10H10Cl2FNO4S2. The van der Waals surface area contributed by atoms with Crippen LogP contribution in [0.5, 0.6) is 0 Å². The third-order valence-corrected chi connectivity index (χ3v) is 7.12. The van der Waals surface area contributed by atoms with Crippen LogP contribution in [0.3, 0.4) is 0 Å². The molecule has 1 aromatic rings. The largest absolute Gasteiger partial charge is 0.242 e.